The lowest BCUT2D eigenvalue weighted by molar-refractivity contribution is -0.146. The van der Waals surface area contributed by atoms with Gasteiger partial charge in [0.1, 0.15) is 23.6 Å². The van der Waals surface area contributed by atoms with Crippen molar-refractivity contribution in [3.05, 3.63) is 47.3 Å². The van der Waals surface area contributed by atoms with E-state index >= 15 is 0 Å². The van der Waals surface area contributed by atoms with Gasteiger partial charge < -0.3 is 30.7 Å². The van der Waals surface area contributed by atoms with Crippen molar-refractivity contribution in [2.75, 3.05) is 13.1 Å². The molecule has 0 bridgehead atoms. The summed E-state index contributed by atoms with van der Waals surface area (Å²) in [5, 5.41) is 4.78. The maximum atomic E-state index is 14.4. The van der Waals surface area contributed by atoms with Crippen LogP contribution < -0.4 is 21.1 Å². The highest BCUT2D eigenvalue weighted by atomic mass is 32.2. The summed E-state index contributed by atoms with van der Waals surface area (Å²) in [6, 6.07) is 3.45. The number of carbonyl (C=O) groups excluding carboxylic acids is 5. The minimum absolute atomic E-state index is 0.0171. The molecule has 3 aliphatic heterocycles. The van der Waals surface area contributed by atoms with E-state index in [1.54, 1.807) is 39.0 Å². The topological polar surface area (TPSA) is 207 Å². The first-order valence-electron chi connectivity index (χ1n) is 17.8. The molecule has 1 aliphatic carbocycles. The maximum Gasteiger partial charge on any atom is 0.410 e. The molecule has 286 valence electrons. The second kappa shape index (κ2) is 15.8. The number of benzene rings is 1. The van der Waals surface area contributed by atoms with Gasteiger partial charge in [-0.15, -0.1) is 0 Å². The standard InChI is InChI=1S/C35H49FN6O9S/c1-34(2,3)51-32(46)39-28-13-8-6-4-5-7-10-22(16-29(43)40-52(48,49)25-14-15-25)18-38-31(45)35(37)17-24(20-42(35)30(28)44)50-33(47)41-19-23-11-9-12-27(36)26(23)21-41/h7,9-12,22,24-25,28H,4-6,8,13-21,37H2,1-3H3,(H,38,45)(H,39,46)(H,40,43)/b10-7-/t22-,24+,28-,35-/m0/s1. The van der Waals surface area contributed by atoms with Gasteiger partial charge in [-0.25, -0.2) is 22.4 Å². The largest absolute Gasteiger partial charge is 0.444 e. The van der Waals surface area contributed by atoms with Gasteiger partial charge >= 0.3 is 12.2 Å². The first-order chi connectivity index (χ1) is 24.4. The van der Waals surface area contributed by atoms with Gasteiger partial charge in [0.2, 0.25) is 21.8 Å². The summed E-state index contributed by atoms with van der Waals surface area (Å²) in [6.07, 6.45) is 4.16. The van der Waals surface area contributed by atoms with Crippen molar-refractivity contribution in [3.8, 4) is 0 Å². The Bertz CT molecular complexity index is 1700. The van der Waals surface area contributed by atoms with Crippen LogP contribution in [-0.2, 0) is 47.0 Å². The van der Waals surface area contributed by atoms with Gasteiger partial charge in [-0.05, 0) is 64.5 Å². The number of nitrogens with zero attached hydrogens (tertiary/aromatic N) is 2. The van der Waals surface area contributed by atoms with Crippen LogP contribution in [0.3, 0.4) is 0 Å². The van der Waals surface area contributed by atoms with Crippen molar-refractivity contribution in [2.45, 2.75) is 120 Å². The van der Waals surface area contributed by atoms with Crippen molar-refractivity contribution >= 4 is 39.9 Å². The SMILES string of the molecule is CC(C)(C)OC(=O)N[C@H]1CCCCC/C=C\[C@@H](CC(=O)NS(=O)(=O)C2CC2)CNC(=O)[C@]2(N)C[C@@H](OC(=O)N3Cc4cccc(F)c4C3)CN2C1=O. The van der Waals surface area contributed by atoms with E-state index in [1.165, 1.54) is 11.0 Å². The molecular formula is C35H49FN6O9S. The molecular weight excluding hydrogens is 699 g/mol. The lowest BCUT2D eigenvalue weighted by atomic mass is 10.0. The molecule has 0 unspecified atom stereocenters. The second-order valence-electron chi connectivity index (χ2n) is 15.0. The third-order valence-electron chi connectivity index (χ3n) is 9.47. The Morgan fingerprint density at radius 2 is 1.85 bits per heavy atom. The van der Waals surface area contributed by atoms with E-state index in [-0.39, 0.29) is 45.4 Å². The molecule has 4 atom stereocenters. The minimum Gasteiger partial charge on any atom is -0.444 e. The number of rotatable bonds is 6. The molecule has 1 saturated carbocycles. The molecule has 5 N–H and O–H groups in total. The number of hydrogen-bond acceptors (Lipinski definition) is 10. The molecule has 2 fully saturated rings. The van der Waals surface area contributed by atoms with E-state index < -0.39 is 80.3 Å². The molecule has 0 radical (unpaired) electrons. The zero-order chi connectivity index (χ0) is 37.8. The Morgan fingerprint density at radius 3 is 2.54 bits per heavy atom. The lowest BCUT2D eigenvalue weighted by Crippen LogP contribution is -2.66. The first-order valence-corrected chi connectivity index (χ1v) is 19.3. The van der Waals surface area contributed by atoms with Crippen molar-refractivity contribution in [1.82, 2.24) is 25.2 Å². The van der Waals surface area contributed by atoms with E-state index in [2.05, 4.69) is 15.4 Å². The number of nitrogens with two attached hydrogens (primary N) is 1. The van der Waals surface area contributed by atoms with Gasteiger partial charge in [0, 0.05) is 37.4 Å². The van der Waals surface area contributed by atoms with Gasteiger partial charge in [-0.1, -0.05) is 37.1 Å². The number of hydrogen-bond donors (Lipinski definition) is 4. The summed E-state index contributed by atoms with van der Waals surface area (Å²) < 4.78 is 52.4. The second-order valence-corrected chi connectivity index (χ2v) is 17.0. The number of ether oxygens (including phenoxy) is 2. The first kappa shape index (κ1) is 39.0. The fourth-order valence-electron chi connectivity index (χ4n) is 6.65. The van der Waals surface area contributed by atoms with E-state index in [9.17, 15) is 36.8 Å². The minimum atomic E-state index is -3.77. The molecule has 3 heterocycles. The molecule has 0 aromatic heterocycles. The monoisotopic (exact) mass is 748 g/mol. The maximum absolute atomic E-state index is 14.4. The van der Waals surface area contributed by atoms with Gasteiger partial charge in [0.25, 0.3) is 5.91 Å². The quantitative estimate of drug-likeness (QED) is 0.313. The highest BCUT2D eigenvalue weighted by Gasteiger charge is 2.53. The molecule has 1 saturated heterocycles. The van der Waals surface area contributed by atoms with Crippen LogP contribution >= 0.6 is 0 Å². The van der Waals surface area contributed by atoms with Crippen LogP contribution in [0.25, 0.3) is 0 Å². The number of sulfonamides is 1. The molecule has 5 rings (SSSR count). The average molecular weight is 749 g/mol. The number of fused-ring (bicyclic) bond motifs is 2. The summed E-state index contributed by atoms with van der Waals surface area (Å²) in [5.74, 6) is -3.23. The third kappa shape index (κ3) is 9.79. The number of amides is 5. The van der Waals surface area contributed by atoms with E-state index in [0.29, 0.717) is 43.2 Å². The summed E-state index contributed by atoms with van der Waals surface area (Å²) in [4.78, 5) is 69.6. The Kier molecular flexibility index (Phi) is 11.8. The smallest absolute Gasteiger partial charge is 0.410 e. The van der Waals surface area contributed by atoms with Gasteiger partial charge in [0.15, 0.2) is 5.66 Å². The van der Waals surface area contributed by atoms with Crippen LogP contribution in [0.5, 0.6) is 0 Å². The van der Waals surface area contributed by atoms with Crippen molar-refractivity contribution in [1.29, 1.82) is 0 Å². The molecule has 4 aliphatic rings. The zero-order valence-corrected chi connectivity index (χ0v) is 30.6. The predicted molar refractivity (Wildman–Crippen MR) is 186 cm³/mol. The molecule has 1 aromatic rings. The zero-order valence-electron chi connectivity index (χ0n) is 29.8. The summed E-state index contributed by atoms with van der Waals surface area (Å²) >= 11 is 0. The normalized spacial score (nSPS) is 26.6. The highest BCUT2D eigenvalue weighted by Crippen LogP contribution is 2.32. The number of halogens is 1. The summed E-state index contributed by atoms with van der Waals surface area (Å²) in [7, 11) is -3.77. The fraction of sp³-hybridized carbons (Fsp3) is 0.629. The van der Waals surface area contributed by atoms with Crippen LogP contribution in [-0.4, -0.2) is 89.9 Å². The Morgan fingerprint density at radius 1 is 1.10 bits per heavy atom. The van der Waals surface area contributed by atoms with Crippen molar-refractivity contribution in [2.24, 2.45) is 11.7 Å². The molecule has 0 spiro atoms. The third-order valence-corrected chi connectivity index (χ3v) is 11.3. The number of carbonyl (C=O) groups is 5. The van der Waals surface area contributed by atoms with Crippen LogP contribution in [0.4, 0.5) is 14.0 Å². The van der Waals surface area contributed by atoms with Crippen LogP contribution in [0.1, 0.15) is 89.7 Å². The van der Waals surface area contributed by atoms with Crippen molar-refractivity contribution < 1.29 is 46.3 Å². The van der Waals surface area contributed by atoms with Crippen LogP contribution in [0, 0.1) is 11.7 Å². The average Bonchev–Trinajstić information content (AvgIpc) is 3.74. The lowest BCUT2D eigenvalue weighted by Gasteiger charge is -2.36. The van der Waals surface area contributed by atoms with Gasteiger partial charge in [-0.2, -0.15) is 0 Å². The highest BCUT2D eigenvalue weighted by molar-refractivity contribution is 7.90. The fourth-order valence-corrected chi connectivity index (χ4v) is 7.98. The van der Waals surface area contributed by atoms with Crippen LogP contribution in [0.15, 0.2) is 30.4 Å². The summed E-state index contributed by atoms with van der Waals surface area (Å²) in [5.41, 5.74) is 4.88. The molecule has 5 amide bonds. The van der Waals surface area contributed by atoms with Crippen molar-refractivity contribution in [3.63, 3.8) is 0 Å². The van der Waals surface area contributed by atoms with Gasteiger partial charge in [0.05, 0.1) is 18.3 Å². The Balaban J connectivity index is 1.35. The summed E-state index contributed by atoms with van der Waals surface area (Å²) in [6.45, 7) is 4.75. The number of alkyl carbamates (subject to hydrolysis) is 1. The Hall–Kier alpha value is -4.25. The van der Waals surface area contributed by atoms with Crippen LogP contribution in [0.2, 0.25) is 0 Å². The molecule has 17 heteroatoms. The number of allylic oxidation sites excluding steroid dienone is 1. The molecule has 15 nitrogen and oxygen atoms in total. The molecule has 1 aromatic carbocycles. The number of nitrogens with one attached hydrogen (secondary N) is 3. The predicted octanol–water partition coefficient (Wildman–Crippen LogP) is 2.68. The Labute approximate surface area is 303 Å². The van der Waals surface area contributed by atoms with Gasteiger partial charge in [-0.3, -0.25) is 24.0 Å². The molecule has 52 heavy (non-hydrogen) atoms. The van der Waals surface area contributed by atoms with E-state index in [0.717, 1.165) is 11.3 Å². The van der Waals surface area contributed by atoms with E-state index in [4.69, 9.17) is 15.2 Å². The van der Waals surface area contributed by atoms with E-state index in [1.807, 2.05) is 6.08 Å².